The van der Waals surface area contributed by atoms with Gasteiger partial charge in [0, 0.05) is 24.4 Å². The van der Waals surface area contributed by atoms with Crippen LogP contribution >= 0.6 is 11.6 Å². The molecule has 0 radical (unpaired) electrons. The van der Waals surface area contributed by atoms with Gasteiger partial charge in [-0.05, 0) is 53.7 Å². The highest BCUT2D eigenvalue weighted by Gasteiger charge is 2.45. The molecule has 12 heteroatoms. The Kier molecular flexibility index (Phi) is 11.3. The number of rotatable bonds is 13. The van der Waals surface area contributed by atoms with E-state index in [4.69, 9.17) is 25.5 Å². The van der Waals surface area contributed by atoms with Gasteiger partial charge in [-0.1, -0.05) is 65.3 Å². The summed E-state index contributed by atoms with van der Waals surface area (Å²) in [6.07, 6.45) is 2.23. The molecule has 1 aliphatic rings. The number of pyridine rings is 1. The molecule has 242 valence electrons. The smallest absolute Gasteiger partial charge is 0.255 e. The number of carbonyl (C=O) groups excluding carboxylic acids is 1. The number of nitrogens with one attached hydrogen (secondary N) is 1. The number of amides is 1. The molecule has 0 spiro atoms. The van der Waals surface area contributed by atoms with E-state index in [1.807, 2.05) is 11.8 Å². The molecule has 1 N–H and O–H groups in total. The van der Waals surface area contributed by atoms with Crippen LogP contribution in [0.4, 0.5) is 10.3 Å². The normalized spacial score (nSPS) is 18.4. The number of hydrogen-bond acceptors (Lipinski definition) is 7. The summed E-state index contributed by atoms with van der Waals surface area (Å²) in [6.45, 7) is 16.4. The maximum absolute atomic E-state index is 14.0. The van der Waals surface area contributed by atoms with Crippen molar-refractivity contribution >= 4 is 37.4 Å². The SMILES string of the molecule is COc1cc(C(=O)N2CC(C)OCC2CCO[Si](C(C)C)(C(C)C)C(C)C)cn2nc(NC(CF)c3cccc(Cl)c3)nc12. The molecule has 9 nitrogen and oxygen atoms in total. The third-order valence-corrected chi connectivity index (χ3v) is 15.2. The quantitative estimate of drug-likeness (QED) is 0.194. The largest absolute Gasteiger partial charge is 0.493 e. The van der Waals surface area contributed by atoms with Crippen LogP contribution in [0.25, 0.3) is 5.65 Å². The van der Waals surface area contributed by atoms with Gasteiger partial charge < -0.3 is 24.1 Å². The number of ether oxygens (including phenoxy) is 2. The van der Waals surface area contributed by atoms with Crippen molar-refractivity contribution in [1.82, 2.24) is 19.5 Å². The lowest BCUT2D eigenvalue weighted by Crippen LogP contribution is -2.53. The van der Waals surface area contributed by atoms with Crippen molar-refractivity contribution in [2.75, 3.05) is 38.9 Å². The summed E-state index contributed by atoms with van der Waals surface area (Å²) in [6, 6.07) is 7.85. The number of anilines is 1. The topological polar surface area (TPSA) is 90.2 Å². The third-order valence-electron chi connectivity index (χ3n) is 8.81. The van der Waals surface area contributed by atoms with Crippen LogP contribution in [0.2, 0.25) is 21.6 Å². The Morgan fingerprint density at radius 2 is 1.89 bits per heavy atom. The first-order chi connectivity index (χ1) is 20.9. The number of hydrogen-bond donors (Lipinski definition) is 1. The second-order valence-corrected chi connectivity index (χ2v) is 18.5. The molecule has 3 aromatic rings. The van der Waals surface area contributed by atoms with E-state index in [1.54, 1.807) is 36.5 Å². The Labute approximate surface area is 266 Å². The van der Waals surface area contributed by atoms with Crippen molar-refractivity contribution in [2.24, 2.45) is 0 Å². The number of morpholine rings is 1. The maximum atomic E-state index is 14.0. The lowest BCUT2D eigenvalue weighted by molar-refractivity contribution is -0.0483. The molecule has 1 amide bonds. The van der Waals surface area contributed by atoms with Gasteiger partial charge in [0.1, 0.15) is 6.67 Å². The van der Waals surface area contributed by atoms with E-state index < -0.39 is 21.0 Å². The molecule has 0 saturated carbocycles. The molecule has 1 fully saturated rings. The van der Waals surface area contributed by atoms with Crippen molar-refractivity contribution in [1.29, 1.82) is 0 Å². The van der Waals surface area contributed by atoms with E-state index in [0.717, 1.165) is 0 Å². The number of halogens is 2. The molecule has 3 unspecified atom stereocenters. The molecule has 0 bridgehead atoms. The molecule has 2 aromatic heterocycles. The van der Waals surface area contributed by atoms with E-state index >= 15 is 0 Å². The predicted octanol–water partition coefficient (Wildman–Crippen LogP) is 7.33. The third kappa shape index (κ3) is 7.22. The van der Waals surface area contributed by atoms with Gasteiger partial charge in [-0.25, -0.2) is 8.91 Å². The zero-order chi connectivity index (χ0) is 32.2. The number of fused-ring (bicyclic) bond motifs is 1. The van der Waals surface area contributed by atoms with Gasteiger partial charge in [-0.2, -0.15) is 4.98 Å². The van der Waals surface area contributed by atoms with Gasteiger partial charge in [0.2, 0.25) is 5.95 Å². The number of aromatic nitrogens is 3. The molecule has 1 aromatic carbocycles. The second-order valence-electron chi connectivity index (χ2n) is 12.6. The van der Waals surface area contributed by atoms with E-state index in [2.05, 4.69) is 56.9 Å². The van der Waals surface area contributed by atoms with Gasteiger partial charge in [0.15, 0.2) is 19.7 Å². The molecule has 0 aliphatic carbocycles. The van der Waals surface area contributed by atoms with E-state index in [-0.39, 0.29) is 24.0 Å². The average Bonchev–Trinajstić information content (AvgIpc) is 3.39. The minimum atomic E-state index is -2.03. The number of alkyl halides is 1. The van der Waals surface area contributed by atoms with Crippen LogP contribution in [-0.2, 0) is 9.16 Å². The lowest BCUT2D eigenvalue weighted by Gasteiger charge is -2.43. The first-order valence-corrected chi connectivity index (χ1v) is 18.0. The average molecular weight is 648 g/mol. The molecular weight excluding hydrogens is 601 g/mol. The van der Waals surface area contributed by atoms with Crippen molar-refractivity contribution in [3.63, 3.8) is 0 Å². The molecule has 4 rings (SSSR count). The number of carbonyl (C=O) groups is 1. The first kappa shape index (κ1) is 34.1. The van der Waals surface area contributed by atoms with Crippen molar-refractivity contribution in [3.8, 4) is 5.75 Å². The fourth-order valence-electron chi connectivity index (χ4n) is 6.74. The van der Waals surface area contributed by atoms with Gasteiger partial charge in [0.25, 0.3) is 5.91 Å². The van der Waals surface area contributed by atoms with Crippen molar-refractivity contribution in [2.45, 2.75) is 89.7 Å². The standard InChI is InChI=1S/C32H47ClFN5O4Si/c1-20(2)44(21(3)4,22(5)6)43-13-12-27-19-42-23(7)17-38(27)31(40)25-15-29(41-8)30-36-32(37-39(30)18-25)35-28(16-34)24-10-9-11-26(33)14-24/h9-11,14-15,18,20-23,27-28H,12-13,16-17,19H2,1-8H3,(H,35,37). The highest BCUT2D eigenvalue weighted by Crippen LogP contribution is 2.42. The fourth-order valence-corrected chi connectivity index (χ4v) is 12.4. The Bertz CT molecular complexity index is 1400. The number of methoxy groups -OCH3 is 1. The van der Waals surface area contributed by atoms with E-state index in [1.165, 1.54) is 11.6 Å². The van der Waals surface area contributed by atoms with Crippen molar-refractivity contribution < 1.29 is 23.1 Å². The van der Waals surface area contributed by atoms with Crippen LogP contribution < -0.4 is 10.1 Å². The van der Waals surface area contributed by atoms with Crippen molar-refractivity contribution in [3.05, 3.63) is 52.7 Å². The summed E-state index contributed by atoms with van der Waals surface area (Å²) in [4.78, 5) is 20.5. The Balaban J connectivity index is 1.56. The number of benzene rings is 1. The van der Waals surface area contributed by atoms with Gasteiger partial charge in [-0.15, -0.1) is 5.10 Å². The Morgan fingerprint density at radius 3 is 2.50 bits per heavy atom. The van der Waals surface area contributed by atoms with Crippen LogP contribution in [0.3, 0.4) is 0 Å². The van der Waals surface area contributed by atoms with E-state index in [9.17, 15) is 9.18 Å². The monoisotopic (exact) mass is 647 g/mol. The molecule has 44 heavy (non-hydrogen) atoms. The highest BCUT2D eigenvalue weighted by atomic mass is 35.5. The zero-order valence-electron chi connectivity index (χ0n) is 27.1. The number of nitrogens with zero attached hydrogens (tertiary/aromatic N) is 4. The Hall–Kier alpha value is -2.73. The van der Waals surface area contributed by atoms with Crippen LogP contribution in [-0.4, -0.2) is 79.4 Å². The fraction of sp³-hybridized carbons (Fsp3) is 0.594. The summed E-state index contributed by atoms with van der Waals surface area (Å²) in [5.41, 5.74) is 2.94. The maximum Gasteiger partial charge on any atom is 0.255 e. The summed E-state index contributed by atoms with van der Waals surface area (Å²) < 4.78 is 33.9. The van der Waals surface area contributed by atoms with Gasteiger partial charge in [0.05, 0.1) is 37.5 Å². The lowest BCUT2D eigenvalue weighted by atomic mass is 10.1. The molecule has 1 aliphatic heterocycles. The zero-order valence-corrected chi connectivity index (χ0v) is 28.9. The molecule has 3 atom stereocenters. The first-order valence-electron chi connectivity index (χ1n) is 15.5. The van der Waals surface area contributed by atoms with Gasteiger partial charge >= 0.3 is 0 Å². The van der Waals surface area contributed by atoms with Crippen LogP contribution in [0.5, 0.6) is 5.75 Å². The highest BCUT2D eigenvalue weighted by molar-refractivity contribution is 6.77. The Morgan fingerprint density at radius 1 is 1.18 bits per heavy atom. The summed E-state index contributed by atoms with van der Waals surface area (Å²) in [5, 5.41) is 8.06. The summed E-state index contributed by atoms with van der Waals surface area (Å²) in [5.74, 6) is 0.452. The molecular formula is C32H47ClFN5O4Si. The minimum absolute atomic E-state index is 0.0940. The summed E-state index contributed by atoms with van der Waals surface area (Å²) in [7, 11) is -0.513. The van der Waals surface area contributed by atoms with Crippen LogP contribution in [0, 0.1) is 0 Å². The molecule has 1 saturated heterocycles. The minimum Gasteiger partial charge on any atom is -0.493 e. The second kappa shape index (κ2) is 14.6. The molecule has 3 heterocycles. The van der Waals surface area contributed by atoms with Crippen LogP contribution in [0.1, 0.15) is 76.9 Å². The van der Waals surface area contributed by atoms with Gasteiger partial charge in [-0.3, -0.25) is 4.79 Å². The predicted molar refractivity (Wildman–Crippen MR) is 175 cm³/mol. The van der Waals surface area contributed by atoms with E-state index in [0.29, 0.717) is 70.3 Å². The summed E-state index contributed by atoms with van der Waals surface area (Å²) >= 11 is 6.12. The van der Waals surface area contributed by atoms with Crippen LogP contribution in [0.15, 0.2) is 36.5 Å².